The summed E-state index contributed by atoms with van der Waals surface area (Å²) >= 11 is 0. The van der Waals surface area contributed by atoms with Gasteiger partial charge >= 0.3 is 0 Å². The summed E-state index contributed by atoms with van der Waals surface area (Å²) in [6.07, 6.45) is 7.11. The molecule has 0 atom stereocenters. The van der Waals surface area contributed by atoms with Gasteiger partial charge in [0.25, 0.3) is 0 Å². The Hall–Kier alpha value is -2.38. The average molecular weight is 260 g/mol. The van der Waals surface area contributed by atoms with Gasteiger partial charge in [-0.1, -0.05) is 85.0 Å². The molecule has 98 valence electrons. The zero-order valence-corrected chi connectivity index (χ0v) is 11.1. The molecule has 0 fully saturated rings. The van der Waals surface area contributed by atoms with Crippen molar-refractivity contribution in [1.82, 2.24) is 0 Å². The number of hydrogen-bond donors (Lipinski definition) is 1. The minimum Gasteiger partial charge on any atom is -0.385 e. The van der Waals surface area contributed by atoms with E-state index in [0.29, 0.717) is 0 Å². The van der Waals surface area contributed by atoms with E-state index in [0.717, 1.165) is 5.57 Å². The third-order valence-corrected chi connectivity index (χ3v) is 3.36. The van der Waals surface area contributed by atoms with Crippen LogP contribution in [0.4, 0.5) is 0 Å². The second-order valence-electron chi connectivity index (χ2n) is 4.77. The number of hydrogen-bond acceptors (Lipinski definition) is 1. The Balaban J connectivity index is 2.18. The molecule has 1 aliphatic rings. The Kier molecular flexibility index (Phi) is 3.62. The van der Waals surface area contributed by atoms with Crippen LogP contribution in [0.25, 0.3) is 5.57 Å². The van der Waals surface area contributed by atoms with Gasteiger partial charge in [-0.3, -0.25) is 0 Å². The van der Waals surface area contributed by atoms with Crippen LogP contribution in [0.1, 0.15) is 11.1 Å². The summed E-state index contributed by atoms with van der Waals surface area (Å²) in [4.78, 5) is 0. The van der Waals surface area contributed by atoms with Crippen LogP contribution in [0.15, 0.2) is 90.5 Å². The van der Waals surface area contributed by atoms with Crippen molar-refractivity contribution in [3.05, 3.63) is 102 Å². The van der Waals surface area contributed by atoms with Gasteiger partial charge in [0, 0.05) is 0 Å². The predicted octanol–water partition coefficient (Wildman–Crippen LogP) is 3.98. The summed E-state index contributed by atoms with van der Waals surface area (Å²) in [5.41, 5.74) is 4.66. The van der Waals surface area contributed by atoms with Crippen LogP contribution >= 0.6 is 0 Å². The van der Waals surface area contributed by atoms with Crippen molar-refractivity contribution in [1.29, 1.82) is 0 Å². The first-order valence-electron chi connectivity index (χ1n) is 6.74. The van der Waals surface area contributed by atoms with Gasteiger partial charge in [-0.2, -0.15) is 0 Å². The van der Waals surface area contributed by atoms with Gasteiger partial charge in [0.2, 0.25) is 0 Å². The molecule has 1 heteroatoms. The van der Waals surface area contributed by atoms with Crippen molar-refractivity contribution in [2.24, 2.45) is 0 Å². The molecule has 0 saturated heterocycles. The smallest absolute Gasteiger partial charge is 0.0909 e. The fraction of sp³-hybridized carbons (Fsp3) is 0.0526. The van der Waals surface area contributed by atoms with E-state index in [-0.39, 0.29) is 0 Å². The maximum atomic E-state index is 9.55. The van der Waals surface area contributed by atoms with E-state index >= 15 is 0 Å². The second kappa shape index (κ2) is 5.72. The van der Waals surface area contributed by atoms with Crippen molar-refractivity contribution in [2.45, 2.75) is 6.10 Å². The summed E-state index contributed by atoms with van der Waals surface area (Å²) in [6.45, 7) is 0. The van der Waals surface area contributed by atoms with Crippen LogP contribution in [0.5, 0.6) is 0 Å². The van der Waals surface area contributed by atoms with Gasteiger partial charge in [0.1, 0.15) is 0 Å². The third kappa shape index (κ3) is 2.63. The lowest BCUT2D eigenvalue weighted by Gasteiger charge is -2.14. The number of allylic oxidation sites excluding steroid dienone is 3. The molecule has 0 aliphatic heterocycles. The Morgan fingerprint density at radius 1 is 0.700 bits per heavy atom. The van der Waals surface area contributed by atoms with Crippen molar-refractivity contribution >= 4 is 5.57 Å². The van der Waals surface area contributed by atoms with Gasteiger partial charge in [-0.15, -0.1) is 0 Å². The molecule has 0 unspecified atom stereocenters. The van der Waals surface area contributed by atoms with Crippen LogP contribution in [0.3, 0.4) is 0 Å². The number of aliphatic hydroxyl groups excluding tert-OH is 1. The molecule has 2 aromatic carbocycles. The highest BCUT2D eigenvalue weighted by Gasteiger charge is 2.10. The molecule has 1 N–H and O–H groups in total. The van der Waals surface area contributed by atoms with E-state index < -0.39 is 6.10 Å². The summed E-state index contributed by atoms with van der Waals surface area (Å²) in [7, 11) is 0. The van der Waals surface area contributed by atoms with Crippen LogP contribution < -0.4 is 0 Å². The summed E-state index contributed by atoms with van der Waals surface area (Å²) in [6, 6.07) is 20.7. The zero-order chi connectivity index (χ0) is 13.8. The molecule has 0 aromatic heterocycles. The monoisotopic (exact) mass is 260 g/mol. The number of aliphatic hydroxyl groups is 1. The van der Waals surface area contributed by atoms with E-state index in [4.69, 9.17) is 0 Å². The molecule has 1 aliphatic carbocycles. The number of benzene rings is 2. The van der Waals surface area contributed by atoms with E-state index in [9.17, 15) is 5.11 Å². The molecule has 0 saturated carbocycles. The first-order chi connectivity index (χ1) is 9.84. The third-order valence-electron chi connectivity index (χ3n) is 3.36. The molecule has 1 nitrogen and oxygen atoms in total. The van der Waals surface area contributed by atoms with Crippen LogP contribution in [-0.4, -0.2) is 11.2 Å². The SMILES string of the molecule is OC1C=CC(=C(c2ccccc2)c2ccccc2)C=C1. The van der Waals surface area contributed by atoms with Crippen LogP contribution in [0, 0.1) is 0 Å². The molecule has 20 heavy (non-hydrogen) atoms. The fourth-order valence-corrected chi connectivity index (χ4v) is 2.40. The highest BCUT2D eigenvalue weighted by atomic mass is 16.3. The molecule has 0 amide bonds. The van der Waals surface area contributed by atoms with Crippen molar-refractivity contribution in [2.75, 3.05) is 0 Å². The summed E-state index contributed by atoms with van der Waals surface area (Å²) in [5, 5.41) is 9.55. The largest absolute Gasteiger partial charge is 0.385 e. The standard InChI is InChI=1S/C19H16O/c20-18-13-11-17(12-14-18)19(15-7-3-1-4-8-15)16-9-5-2-6-10-16/h1-14,18,20H. The zero-order valence-electron chi connectivity index (χ0n) is 11.1. The van der Waals surface area contributed by atoms with Gasteiger partial charge in [0.15, 0.2) is 0 Å². The summed E-state index contributed by atoms with van der Waals surface area (Å²) < 4.78 is 0. The Labute approximate surface area is 119 Å². The van der Waals surface area contributed by atoms with Gasteiger partial charge < -0.3 is 5.11 Å². The van der Waals surface area contributed by atoms with Crippen LogP contribution in [0.2, 0.25) is 0 Å². The van der Waals surface area contributed by atoms with Gasteiger partial charge in [-0.25, -0.2) is 0 Å². The van der Waals surface area contributed by atoms with E-state index in [1.807, 2.05) is 48.6 Å². The Bertz CT molecular complexity index is 606. The van der Waals surface area contributed by atoms with E-state index in [1.165, 1.54) is 16.7 Å². The highest BCUT2D eigenvalue weighted by molar-refractivity contribution is 5.85. The molecule has 0 heterocycles. The molecule has 0 spiro atoms. The highest BCUT2D eigenvalue weighted by Crippen LogP contribution is 2.29. The lowest BCUT2D eigenvalue weighted by atomic mass is 9.91. The molecule has 3 rings (SSSR count). The first kappa shape index (κ1) is 12.6. The van der Waals surface area contributed by atoms with E-state index in [1.54, 1.807) is 12.2 Å². The Morgan fingerprint density at radius 2 is 1.15 bits per heavy atom. The first-order valence-corrected chi connectivity index (χ1v) is 6.74. The molecule has 0 bridgehead atoms. The lowest BCUT2D eigenvalue weighted by Crippen LogP contribution is -2.02. The molecular formula is C19H16O. The topological polar surface area (TPSA) is 20.2 Å². The normalized spacial score (nSPS) is 17.2. The second-order valence-corrected chi connectivity index (χ2v) is 4.77. The minimum absolute atomic E-state index is 0.480. The number of rotatable bonds is 2. The Morgan fingerprint density at radius 3 is 1.60 bits per heavy atom. The predicted molar refractivity (Wildman–Crippen MR) is 83.2 cm³/mol. The van der Waals surface area contributed by atoms with Crippen molar-refractivity contribution in [3.8, 4) is 0 Å². The van der Waals surface area contributed by atoms with Crippen LogP contribution in [-0.2, 0) is 0 Å². The van der Waals surface area contributed by atoms with Gasteiger partial charge in [-0.05, 0) is 22.3 Å². The van der Waals surface area contributed by atoms with Gasteiger partial charge in [0.05, 0.1) is 6.10 Å². The van der Waals surface area contributed by atoms with Crippen molar-refractivity contribution < 1.29 is 5.11 Å². The maximum Gasteiger partial charge on any atom is 0.0909 e. The fourth-order valence-electron chi connectivity index (χ4n) is 2.40. The maximum absolute atomic E-state index is 9.55. The minimum atomic E-state index is -0.480. The quantitative estimate of drug-likeness (QED) is 0.866. The lowest BCUT2D eigenvalue weighted by molar-refractivity contribution is 0.270. The molecular weight excluding hydrogens is 244 g/mol. The average Bonchev–Trinajstić information content (AvgIpc) is 2.52. The molecule has 2 aromatic rings. The molecule has 0 radical (unpaired) electrons. The van der Waals surface area contributed by atoms with E-state index in [2.05, 4.69) is 24.3 Å². The summed E-state index contributed by atoms with van der Waals surface area (Å²) in [5.74, 6) is 0. The van der Waals surface area contributed by atoms with Crippen molar-refractivity contribution in [3.63, 3.8) is 0 Å².